The van der Waals surface area contributed by atoms with Crippen LogP contribution in [0.25, 0.3) is 0 Å². The average molecular weight is 394 g/mol. The molecule has 4 nitrogen and oxygen atoms in total. The van der Waals surface area contributed by atoms with Crippen molar-refractivity contribution in [3.63, 3.8) is 0 Å². The van der Waals surface area contributed by atoms with Gasteiger partial charge in [-0.1, -0.05) is 11.6 Å². The zero-order valence-electron chi connectivity index (χ0n) is 15.2. The monoisotopic (exact) mass is 393 g/mol. The van der Waals surface area contributed by atoms with Gasteiger partial charge < -0.3 is 14.4 Å². The van der Waals surface area contributed by atoms with E-state index in [1.807, 2.05) is 17.9 Å². The summed E-state index contributed by atoms with van der Waals surface area (Å²) in [7, 11) is 0. The van der Waals surface area contributed by atoms with Gasteiger partial charge in [0.05, 0.1) is 12.6 Å². The van der Waals surface area contributed by atoms with Gasteiger partial charge >= 0.3 is 0 Å². The van der Waals surface area contributed by atoms with Gasteiger partial charge in [-0.05, 0) is 67.5 Å². The SMILES string of the molecule is Cc1cc(OCC(=O)N(Cc2sccc2C)CC2CCCO2)ccc1Cl. The molecular formula is C20H24ClNO3S. The van der Waals surface area contributed by atoms with E-state index in [9.17, 15) is 4.79 Å². The minimum absolute atomic E-state index is 0.0121. The minimum Gasteiger partial charge on any atom is -0.484 e. The molecule has 1 atom stereocenters. The topological polar surface area (TPSA) is 38.8 Å². The summed E-state index contributed by atoms with van der Waals surface area (Å²) in [5.41, 5.74) is 2.15. The van der Waals surface area contributed by atoms with Crippen LogP contribution in [0.5, 0.6) is 5.75 Å². The first-order valence-electron chi connectivity index (χ1n) is 8.84. The second kappa shape index (κ2) is 8.89. The first kappa shape index (κ1) is 19.2. The van der Waals surface area contributed by atoms with Crippen molar-refractivity contribution in [3.05, 3.63) is 50.7 Å². The fraction of sp³-hybridized carbons (Fsp3) is 0.450. The van der Waals surface area contributed by atoms with E-state index in [0.717, 1.165) is 25.0 Å². The van der Waals surface area contributed by atoms with Gasteiger partial charge in [0.1, 0.15) is 5.75 Å². The zero-order valence-corrected chi connectivity index (χ0v) is 16.7. The highest BCUT2D eigenvalue weighted by molar-refractivity contribution is 7.10. The first-order chi connectivity index (χ1) is 12.5. The molecule has 26 heavy (non-hydrogen) atoms. The molecule has 140 valence electrons. The van der Waals surface area contributed by atoms with Crippen molar-refractivity contribution < 1.29 is 14.3 Å². The Kier molecular flexibility index (Phi) is 6.57. The molecule has 1 unspecified atom stereocenters. The van der Waals surface area contributed by atoms with E-state index < -0.39 is 0 Å². The number of ether oxygens (including phenoxy) is 2. The van der Waals surface area contributed by atoms with Crippen LogP contribution >= 0.6 is 22.9 Å². The summed E-state index contributed by atoms with van der Waals surface area (Å²) in [6, 6.07) is 7.51. The molecule has 0 bridgehead atoms. The molecular weight excluding hydrogens is 370 g/mol. The number of amides is 1. The quantitative estimate of drug-likeness (QED) is 0.689. The Morgan fingerprint density at radius 2 is 2.19 bits per heavy atom. The number of halogens is 1. The summed E-state index contributed by atoms with van der Waals surface area (Å²) >= 11 is 7.72. The Morgan fingerprint density at radius 1 is 1.35 bits per heavy atom. The number of hydrogen-bond acceptors (Lipinski definition) is 4. The maximum atomic E-state index is 12.8. The van der Waals surface area contributed by atoms with Gasteiger partial charge in [-0.2, -0.15) is 0 Å². The second-order valence-corrected chi connectivity index (χ2v) is 8.04. The van der Waals surface area contributed by atoms with Crippen molar-refractivity contribution in [1.82, 2.24) is 4.90 Å². The molecule has 0 N–H and O–H groups in total. The standard InChI is InChI=1S/C20H24ClNO3S/c1-14-7-9-26-19(14)12-22(11-17-4-3-8-24-17)20(23)13-25-16-5-6-18(21)15(2)10-16/h5-7,9-10,17H,3-4,8,11-13H2,1-2H3. The molecule has 0 saturated carbocycles. The lowest BCUT2D eigenvalue weighted by atomic mass is 10.2. The Labute approximate surface area is 163 Å². The van der Waals surface area contributed by atoms with E-state index in [2.05, 4.69) is 18.4 Å². The molecule has 6 heteroatoms. The van der Waals surface area contributed by atoms with E-state index >= 15 is 0 Å². The molecule has 2 heterocycles. The van der Waals surface area contributed by atoms with E-state index in [-0.39, 0.29) is 18.6 Å². The summed E-state index contributed by atoms with van der Waals surface area (Å²) in [5.74, 6) is 0.630. The van der Waals surface area contributed by atoms with Crippen molar-refractivity contribution in [1.29, 1.82) is 0 Å². The van der Waals surface area contributed by atoms with Crippen LogP contribution in [0.15, 0.2) is 29.6 Å². The molecule has 1 aromatic carbocycles. The number of thiophene rings is 1. The van der Waals surface area contributed by atoms with Crippen molar-refractivity contribution in [2.24, 2.45) is 0 Å². The molecule has 3 rings (SSSR count). The van der Waals surface area contributed by atoms with Gasteiger partial charge in [-0.25, -0.2) is 0 Å². The van der Waals surface area contributed by atoms with Crippen molar-refractivity contribution >= 4 is 28.8 Å². The van der Waals surface area contributed by atoms with Gasteiger partial charge in [0.15, 0.2) is 6.61 Å². The van der Waals surface area contributed by atoms with Crippen molar-refractivity contribution in [2.45, 2.75) is 39.3 Å². The number of carbonyl (C=O) groups excluding carboxylic acids is 1. The number of aryl methyl sites for hydroxylation is 2. The lowest BCUT2D eigenvalue weighted by molar-refractivity contribution is -0.135. The predicted octanol–water partition coefficient (Wildman–Crippen LogP) is 4.60. The third-order valence-electron chi connectivity index (χ3n) is 4.60. The second-order valence-electron chi connectivity index (χ2n) is 6.64. The van der Waals surface area contributed by atoms with Gasteiger partial charge in [0.25, 0.3) is 5.91 Å². The third-order valence-corrected chi connectivity index (χ3v) is 6.03. The first-order valence-corrected chi connectivity index (χ1v) is 10.1. The highest BCUT2D eigenvalue weighted by atomic mass is 35.5. The van der Waals surface area contributed by atoms with Gasteiger partial charge in [0, 0.05) is 23.1 Å². The summed E-state index contributed by atoms with van der Waals surface area (Å²) in [5, 5.41) is 2.75. The fourth-order valence-corrected chi connectivity index (χ4v) is 4.01. The molecule has 0 aliphatic carbocycles. The lowest BCUT2D eigenvalue weighted by Crippen LogP contribution is -2.39. The minimum atomic E-state index is -0.0269. The Bertz CT molecular complexity index is 755. The third kappa shape index (κ3) is 5.00. The number of nitrogens with zero attached hydrogens (tertiary/aromatic N) is 1. The average Bonchev–Trinajstić information content (AvgIpc) is 3.27. The van der Waals surface area contributed by atoms with Gasteiger partial charge in [-0.15, -0.1) is 11.3 Å². The number of hydrogen-bond donors (Lipinski definition) is 0. The smallest absolute Gasteiger partial charge is 0.260 e. The highest BCUT2D eigenvalue weighted by Gasteiger charge is 2.24. The number of rotatable bonds is 7. The van der Waals surface area contributed by atoms with Crippen LogP contribution < -0.4 is 4.74 Å². The van der Waals surface area contributed by atoms with Crippen LogP contribution in [-0.2, 0) is 16.1 Å². The van der Waals surface area contributed by atoms with E-state index in [0.29, 0.717) is 23.9 Å². The molecule has 1 fully saturated rings. The van der Waals surface area contributed by atoms with Crippen LogP contribution in [0.2, 0.25) is 5.02 Å². The lowest BCUT2D eigenvalue weighted by Gasteiger charge is -2.25. The highest BCUT2D eigenvalue weighted by Crippen LogP contribution is 2.22. The summed E-state index contributed by atoms with van der Waals surface area (Å²) in [6.07, 6.45) is 2.19. The maximum Gasteiger partial charge on any atom is 0.260 e. The van der Waals surface area contributed by atoms with Crippen LogP contribution in [0.4, 0.5) is 0 Å². The molecule has 2 aromatic rings. The summed E-state index contributed by atoms with van der Waals surface area (Å²) in [4.78, 5) is 15.9. The van der Waals surface area contributed by atoms with E-state index in [4.69, 9.17) is 21.1 Å². The molecule has 1 amide bonds. The van der Waals surface area contributed by atoms with E-state index in [1.54, 1.807) is 23.5 Å². The Hall–Kier alpha value is -1.56. The van der Waals surface area contributed by atoms with Crippen LogP contribution in [0.3, 0.4) is 0 Å². The molecule has 1 aliphatic heterocycles. The molecule has 0 spiro atoms. The Morgan fingerprint density at radius 3 is 2.85 bits per heavy atom. The number of benzene rings is 1. The predicted molar refractivity (Wildman–Crippen MR) is 105 cm³/mol. The molecule has 1 aromatic heterocycles. The van der Waals surface area contributed by atoms with Crippen LogP contribution in [-0.4, -0.2) is 36.7 Å². The van der Waals surface area contributed by atoms with Gasteiger partial charge in [0.2, 0.25) is 0 Å². The van der Waals surface area contributed by atoms with Crippen molar-refractivity contribution in [2.75, 3.05) is 19.8 Å². The normalized spacial score (nSPS) is 16.7. The molecule has 0 radical (unpaired) electrons. The Balaban J connectivity index is 1.64. The van der Waals surface area contributed by atoms with Crippen LogP contribution in [0, 0.1) is 13.8 Å². The molecule has 1 aliphatic rings. The largest absolute Gasteiger partial charge is 0.484 e. The van der Waals surface area contributed by atoms with Crippen molar-refractivity contribution in [3.8, 4) is 5.75 Å². The summed E-state index contributed by atoms with van der Waals surface area (Å²) < 4.78 is 11.4. The summed E-state index contributed by atoms with van der Waals surface area (Å²) in [6.45, 7) is 6.00. The molecule has 1 saturated heterocycles. The fourth-order valence-electron chi connectivity index (χ4n) is 2.97. The number of carbonyl (C=O) groups is 1. The van der Waals surface area contributed by atoms with Gasteiger partial charge in [-0.3, -0.25) is 4.79 Å². The zero-order chi connectivity index (χ0) is 18.5. The maximum absolute atomic E-state index is 12.8. The van der Waals surface area contributed by atoms with Crippen LogP contribution in [0.1, 0.15) is 28.8 Å². The van der Waals surface area contributed by atoms with E-state index in [1.165, 1.54) is 10.4 Å².